The van der Waals surface area contributed by atoms with Gasteiger partial charge in [-0.2, -0.15) is 9.78 Å². The topological polar surface area (TPSA) is 150 Å². The Balaban J connectivity index is 1.56. The minimum absolute atomic E-state index is 0.0448. The zero-order valence-corrected chi connectivity index (χ0v) is 17.3. The summed E-state index contributed by atoms with van der Waals surface area (Å²) >= 11 is 3.37. The summed E-state index contributed by atoms with van der Waals surface area (Å²) in [6, 6.07) is 7.48. The van der Waals surface area contributed by atoms with Gasteiger partial charge in [0.25, 0.3) is 5.91 Å². The van der Waals surface area contributed by atoms with Crippen LogP contribution in [0.5, 0.6) is 0 Å². The summed E-state index contributed by atoms with van der Waals surface area (Å²) in [6.07, 6.45) is 1.54. The first-order valence-corrected chi connectivity index (χ1v) is 9.83. The van der Waals surface area contributed by atoms with Crippen molar-refractivity contribution in [3.05, 3.63) is 45.7 Å². The lowest BCUT2D eigenvalue weighted by Crippen LogP contribution is -2.37. The Bertz CT molecular complexity index is 1040. The second-order valence-electron chi connectivity index (χ2n) is 6.41. The zero-order valence-electron chi connectivity index (χ0n) is 15.7. The van der Waals surface area contributed by atoms with E-state index in [1.807, 2.05) is 24.3 Å². The van der Waals surface area contributed by atoms with Crippen LogP contribution in [0.4, 0.5) is 5.82 Å². The van der Waals surface area contributed by atoms with Crippen molar-refractivity contribution in [2.75, 3.05) is 32.0 Å². The van der Waals surface area contributed by atoms with E-state index in [9.17, 15) is 4.79 Å². The molecule has 0 saturated carbocycles. The molecule has 0 unspecified atom stereocenters. The number of halogens is 1. The van der Waals surface area contributed by atoms with Crippen LogP contribution in [0.25, 0.3) is 5.82 Å². The summed E-state index contributed by atoms with van der Waals surface area (Å²) in [7, 11) is 0. The fraction of sp³-hybridized carbons (Fsp3) is 0.294. The molecule has 13 heteroatoms. The van der Waals surface area contributed by atoms with Crippen molar-refractivity contribution in [1.29, 1.82) is 0 Å². The Morgan fingerprint density at radius 2 is 2.03 bits per heavy atom. The molecule has 1 aliphatic heterocycles. The van der Waals surface area contributed by atoms with Gasteiger partial charge in [-0.15, -0.1) is 5.10 Å². The van der Waals surface area contributed by atoms with Crippen LogP contribution in [0.1, 0.15) is 21.7 Å². The van der Waals surface area contributed by atoms with Crippen molar-refractivity contribution in [2.24, 2.45) is 5.10 Å². The molecule has 1 amide bonds. The maximum Gasteiger partial charge on any atom is 0.293 e. The summed E-state index contributed by atoms with van der Waals surface area (Å²) in [5.74, 6) is -0.292. The second kappa shape index (κ2) is 9.11. The van der Waals surface area contributed by atoms with E-state index in [0.29, 0.717) is 38.5 Å². The second-order valence-corrected chi connectivity index (χ2v) is 7.32. The molecule has 1 saturated heterocycles. The van der Waals surface area contributed by atoms with Crippen LogP contribution < -0.4 is 11.2 Å². The summed E-state index contributed by atoms with van der Waals surface area (Å²) in [4.78, 5) is 14.9. The third-order valence-corrected chi connectivity index (χ3v) is 4.93. The number of amides is 1. The smallest absolute Gasteiger partial charge is 0.293 e. The van der Waals surface area contributed by atoms with Crippen molar-refractivity contribution in [1.82, 2.24) is 35.6 Å². The minimum atomic E-state index is -0.507. The highest BCUT2D eigenvalue weighted by Crippen LogP contribution is 2.18. The van der Waals surface area contributed by atoms with E-state index in [1.54, 1.807) is 0 Å². The number of benzene rings is 1. The van der Waals surface area contributed by atoms with Crippen molar-refractivity contribution in [3.8, 4) is 5.82 Å². The lowest BCUT2D eigenvalue weighted by Gasteiger charge is -2.26. The highest BCUT2D eigenvalue weighted by atomic mass is 79.9. The largest absolute Gasteiger partial charge is 0.379 e. The number of carbonyl (C=O) groups excluding carboxylic acids is 1. The van der Waals surface area contributed by atoms with Crippen LogP contribution in [0.3, 0.4) is 0 Å². The maximum atomic E-state index is 12.7. The first-order valence-electron chi connectivity index (χ1n) is 9.04. The van der Waals surface area contributed by atoms with E-state index < -0.39 is 5.91 Å². The molecule has 4 rings (SSSR count). The van der Waals surface area contributed by atoms with Crippen LogP contribution in [0.2, 0.25) is 0 Å². The number of hydrogen-bond donors (Lipinski definition) is 2. The lowest BCUT2D eigenvalue weighted by molar-refractivity contribution is 0.0332. The molecule has 0 atom stereocenters. The predicted octanol–water partition coefficient (Wildman–Crippen LogP) is 0.591. The van der Waals surface area contributed by atoms with Gasteiger partial charge in [-0.1, -0.05) is 33.3 Å². The van der Waals surface area contributed by atoms with Gasteiger partial charge >= 0.3 is 0 Å². The molecule has 1 aromatic carbocycles. The van der Waals surface area contributed by atoms with E-state index in [4.69, 9.17) is 10.5 Å². The van der Waals surface area contributed by atoms with E-state index in [0.717, 1.165) is 10.0 Å². The predicted molar refractivity (Wildman–Crippen MR) is 109 cm³/mol. The van der Waals surface area contributed by atoms with Gasteiger partial charge < -0.3 is 10.5 Å². The highest BCUT2D eigenvalue weighted by molar-refractivity contribution is 9.10. The summed E-state index contributed by atoms with van der Waals surface area (Å²) < 4.78 is 12.4. The van der Waals surface area contributed by atoms with Crippen LogP contribution in [0.15, 0.2) is 38.5 Å². The van der Waals surface area contributed by atoms with Gasteiger partial charge in [0.15, 0.2) is 5.69 Å². The van der Waals surface area contributed by atoms with E-state index in [2.05, 4.69) is 56.6 Å². The normalized spacial score (nSPS) is 15.0. The molecule has 0 spiro atoms. The van der Waals surface area contributed by atoms with E-state index >= 15 is 0 Å². The number of nitrogen functional groups attached to an aromatic ring is 1. The van der Waals surface area contributed by atoms with Crippen molar-refractivity contribution >= 4 is 33.9 Å². The highest BCUT2D eigenvalue weighted by Gasteiger charge is 2.26. The van der Waals surface area contributed by atoms with Crippen LogP contribution in [-0.4, -0.2) is 68.6 Å². The lowest BCUT2D eigenvalue weighted by atomic mass is 10.2. The Morgan fingerprint density at radius 3 is 2.73 bits per heavy atom. The Kier molecular flexibility index (Phi) is 6.11. The zero-order chi connectivity index (χ0) is 20.9. The summed E-state index contributed by atoms with van der Waals surface area (Å²) in [6.45, 7) is 3.02. The maximum absolute atomic E-state index is 12.7. The molecule has 3 aromatic rings. The molecule has 0 radical (unpaired) electrons. The number of nitrogens with two attached hydrogens (primary N) is 1. The van der Waals surface area contributed by atoms with Gasteiger partial charge in [-0.3, -0.25) is 9.69 Å². The molecule has 1 fully saturated rings. The third kappa shape index (κ3) is 4.53. The number of aromatic nitrogens is 5. The third-order valence-electron chi connectivity index (χ3n) is 4.40. The van der Waals surface area contributed by atoms with Crippen molar-refractivity contribution in [2.45, 2.75) is 6.54 Å². The van der Waals surface area contributed by atoms with Gasteiger partial charge in [-0.25, -0.2) is 10.1 Å². The minimum Gasteiger partial charge on any atom is -0.379 e. The van der Waals surface area contributed by atoms with Gasteiger partial charge in [0, 0.05) is 24.1 Å². The van der Waals surface area contributed by atoms with Crippen LogP contribution in [0, 0.1) is 0 Å². The van der Waals surface area contributed by atoms with E-state index in [-0.39, 0.29) is 17.3 Å². The molecule has 30 heavy (non-hydrogen) atoms. The molecular formula is C17H18BrN9O3. The standard InChI is InChI=1S/C17H18BrN9O3/c18-12-3-1-11(2-4-12)9-20-22-17(28)14-13(10-26-5-7-29-8-6-26)27(25-21-14)16-15(19)23-30-24-16/h1-4,9H,5-8,10H2,(H2,19,23)(H,22,28)/b20-9+. The summed E-state index contributed by atoms with van der Waals surface area (Å²) in [5.41, 5.74) is 9.72. The molecular weight excluding hydrogens is 458 g/mol. The Morgan fingerprint density at radius 1 is 1.27 bits per heavy atom. The number of anilines is 1. The van der Waals surface area contributed by atoms with Crippen molar-refractivity contribution in [3.63, 3.8) is 0 Å². The number of morpholine rings is 1. The number of rotatable bonds is 6. The molecule has 3 heterocycles. The fourth-order valence-corrected chi connectivity index (χ4v) is 3.13. The number of hydrazone groups is 1. The molecule has 12 nitrogen and oxygen atoms in total. The van der Waals surface area contributed by atoms with E-state index in [1.165, 1.54) is 10.9 Å². The SMILES string of the molecule is Nc1nonc1-n1nnc(C(=O)N/N=C/c2ccc(Br)cc2)c1CN1CCOCC1. The van der Waals surface area contributed by atoms with Crippen LogP contribution in [-0.2, 0) is 11.3 Å². The summed E-state index contributed by atoms with van der Waals surface area (Å²) in [5, 5.41) is 19.4. The fourth-order valence-electron chi connectivity index (χ4n) is 2.87. The number of nitrogens with zero attached hydrogens (tertiary/aromatic N) is 7. The Labute approximate surface area is 179 Å². The Hall–Kier alpha value is -3.16. The average molecular weight is 476 g/mol. The molecule has 1 aliphatic rings. The molecule has 0 bridgehead atoms. The quantitative estimate of drug-likeness (QED) is 0.385. The average Bonchev–Trinajstić information content (AvgIpc) is 3.36. The van der Waals surface area contributed by atoms with Crippen molar-refractivity contribution < 1.29 is 14.2 Å². The van der Waals surface area contributed by atoms with Gasteiger partial charge in [0.2, 0.25) is 11.6 Å². The number of carbonyl (C=O) groups is 1. The number of ether oxygens (including phenoxy) is 1. The molecule has 3 N–H and O–H groups in total. The number of nitrogens with one attached hydrogen (secondary N) is 1. The first-order chi connectivity index (χ1) is 14.6. The van der Waals surface area contributed by atoms with Crippen LogP contribution >= 0.6 is 15.9 Å². The van der Waals surface area contributed by atoms with Gasteiger partial charge in [-0.05, 0) is 28.0 Å². The van der Waals surface area contributed by atoms with Gasteiger partial charge in [0.1, 0.15) is 0 Å². The first kappa shape index (κ1) is 20.1. The molecule has 2 aromatic heterocycles. The number of hydrogen-bond acceptors (Lipinski definition) is 10. The van der Waals surface area contributed by atoms with Gasteiger partial charge in [0.05, 0.1) is 25.1 Å². The monoisotopic (exact) mass is 475 g/mol. The molecule has 156 valence electrons. The molecule has 0 aliphatic carbocycles.